The van der Waals surface area contributed by atoms with E-state index in [2.05, 4.69) is 5.32 Å². The van der Waals surface area contributed by atoms with E-state index >= 15 is 0 Å². The van der Waals surface area contributed by atoms with E-state index in [9.17, 15) is 9.18 Å². The van der Waals surface area contributed by atoms with Gasteiger partial charge < -0.3 is 10.1 Å². The summed E-state index contributed by atoms with van der Waals surface area (Å²) in [5, 5.41) is 3.30. The summed E-state index contributed by atoms with van der Waals surface area (Å²) in [7, 11) is 0. The molecule has 1 aliphatic carbocycles. The van der Waals surface area contributed by atoms with Crippen LogP contribution in [0.25, 0.3) is 0 Å². The van der Waals surface area contributed by atoms with Crippen LogP contribution in [0.15, 0.2) is 18.2 Å². The van der Waals surface area contributed by atoms with Gasteiger partial charge >= 0.3 is 0 Å². The van der Waals surface area contributed by atoms with Crippen LogP contribution in [0.2, 0.25) is 5.02 Å². The largest absolute Gasteiger partial charge is 0.378 e. The van der Waals surface area contributed by atoms with Crippen molar-refractivity contribution in [1.82, 2.24) is 5.32 Å². The van der Waals surface area contributed by atoms with E-state index in [-0.39, 0.29) is 24.2 Å². The molecule has 1 aliphatic heterocycles. The van der Waals surface area contributed by atoms with Crippen molar-refractivity contribution < 1.29 is 13.9 Å². The van der Waals surface area contributed by atoms with Gasteiger partial charge in [0.1, 0.15) is 5.82 Å². The second-order valence-corrected chi connectivity index (χ2v) is 5.59. The highest BCUT2D eigenvalue weighted by Gasteiger charge is 2.45. The maximum Gasteiger partial charge on any atom is 0.224 e. The minimum atomic E-state index is -0.390. The molecule has 1 heterocycles. The fourth-order valence-electron chi connectivity index (χ4n) is 2.86. The van der Waals surface area contributed by atoms with Gasteiger partial charge in [-0.3, -0.25) is 4.79 Å². The Labute approximate surface area is 116 Å². The van der Waals surface area contributed by atoms with E-state index in [1.807, 2.05) is 0 Å². The maximum absolute atomic E-state index is 12.9. The zero-order valence-corrected chi connectivity index (χ0v) is 11.1. The molecule has 0 radical (unpaired) electrons. The first kappa shape index (κ1) is 12.9. The van der Waals surface area contributed by atoms with Crippen LogP contribution in [0.3, 0.4) is 0 Å². The molecule has 3 atom stereocenters. The number of nitrogens with one attached hydrogen (secondary N) is 1. The Hall–Kier alpha value is -1.13. The number of rotatable bonds is 3. The molecule has 1 aromatic carbocycles. The Balaban J connectivity index is 1.56. The van der Waals surface area contributed by atoms with E-state index in [0.717, 1.165) is 19.4 Å². The Morgan fingerprint density at radius 1 is 1.53 bits per heavy atom. The van der Waals surface area contributed by atoms with E-state index < -0.39 is 0 Å². The lowest BCUT2D eigenvalue weighted by molar-refractivity contribution is -0.123. The summed E-state index contributed by atoms with van der Waals surface area (Å²) in [6.45, 7) is 0.797. The number of fused-ring (bicyclic) bond motifs is 1. The molecule has 19 heavy (non-hydrogen) atoms. The smallest absolute Gasteiger partial charge is 0.224 e. The Morgan fingerprint density at radius 2 is 2.37 bits per heavy atom. The number of ether oxygens (including phenoxy) is 1. The van der Waals surface area contributed by atoms with Crippen LogP contribution in [-0.4, -0.2) is 24.7 Å². The molecule has 1 aromatic rings. The van der Waals surface area contributed by atoms with Gasteiger partial charge in [-0.05, 0) is 30.5 Å². The molecule has 1 amide bonds. The molecular weight excluding hydrogens is 269 g/mol. The van der Waals surface area contributed by atoms with Gasteiger partial charge in [-0.1, -0.05) is 17.7 Å². The molecule has 5 heteroatoms. The first-order valence-corrected chi connectivity index (χ1v) is 6.86. The lowest BCUT2D eigenvalue weighted by Gasteiger charge is -2.39. The molecule has 2 aliphatic rings. The molecule has 0 unspecified atom stereocenters. The molecule has 3 nitrogen and oxygen atoms in total. The van der Waals surface area contributed by atoms with E-state index in [4.69, 9.17) is 16.3 Å². The van der Waals surface area contributed by atoms with Crippen molar-refractivity contribution >= 4 is 17.5 Å². The third-order valence-electron chi connectivity index (χ3n) is 3.98. The number of carbonyl (C=O) groups excluding carboxylic acids is 1. The lowest BCUT2D eigenvalue weighted by Crippen LogP contribution is -2.53. The number of benzene rings is 1. The first-order valence-electron chi connectivity index (χ1n) is 6.48. The Kier molecular flexibility index (Phi) is 3.46. The second kappa shape index (κ2) is 5.10. The molecule has 1 saturated heterocycles. The molecular formula is C14H15ClFNO2. The quantitative estimate of drug-likeness (QED) is 0.924. The second-order valence-electron chi connectivity index (χ2n) is 5.18. The average molecular weight is 284 g/mol. The van der Waals surface area contributed by atoms with E-state index in [0.29, 0.717) is 22.6 Å². The summed E-state index contributed by atoms with van der Waals surface area (Å²) < 4.78 is 18.4. The van der Waals surface area contributed by atoms with E-state index in [1.54, 1.807) is 6.07 Å². The summed E-state index contributed by atoms with van der Waals surface area (Å²) in [6, 6.07) is 4.33. The molecule has 0 spiro atoms. The van der Waals surface area contributed by atoms with Crippen LogP contribution in [0.5, 0.6) is 0 Å². The average Bonchev–Trinajstić information content (AvgIpc) is 2.71. The van der Waals surface area contributed by atoms with Crippen LogP contribution in [-0.2, 0) is 16.0 Å². The van der Waals surface area contributed by atoms with Crippen LogP contribution in [0.4, 0.5) is 4.39 Å². The van der Waals surface area contributed by atoms with Crippen molar-refractivity contribution in [3.8, 4) is 0 Å². The number of halogens is 2. The van der Waals surface area contributed by atoms with Gasteiger partial charge in [0, 0.05) is 23.6 Å². The lowest BCUT2D eigenvalue weighted by atomic mass is 9.76. The monoisotopic (exact) mass is 283 g/mol. The Morgan fingerprint density at radius 3 is 3.11 bits per heavy atom. The number of hydrogen-bond donors (Lipinski definition) is 1. The fraction of sp³-hybridized carbons (Fsp3) is 0.500. The van der Waals surface area contributed by atoms with Gasteiger partial charge in [0.2, 0.25) is 5.91 Å². The molecule has 1 N–H and O–H groups in total. The zero-order chi connectivity index (χ0) is 13.4. The van der Waals surface area contributed by atoms with Crippen molar-refractivity contribution in [1.29, 1.82) is 0 Å². The van der Waals surface area contributed by atoms with Crippen molar-refractivity contribution in [2.45, 2.75) is 31.4 Å². The number of carbonyl (C=O) groups is 1. The molecule has 2 fully saturated rings. The summed E-state index contributed by atoms with van der Waals surface area (Å²) in [5.41, 5.74) is 0.652. The van der Waals surface area contributed by atoms with E-state index in [1.165, 1.54) is 12.1 Å². The van der Waals surface area contributed by atoms with Gasteiger partial charge in [0.05, 0.1) is 12.5 Å². The highest BCUT2D eigenvalue weighted by molar-refractivity contribution is 6.31. The number of amides is 1. The van der Waals surface area contributed by atoms with Gasteiger partial charge in [-0.25, -0.2) is 4.39 Å². The standard InChI is InChI=1S/C14H15ClFNO2/c15-11-6-9(16)2-1-8(11)5-14(18)17-12-7-13-10(12)3-4-19-13/h1-2,6,10,12-13H,3-5,7H2,(H,17,18)/t10-,12+,13+/m0/s1. The van der Waals surface area contributed by atoms with Crippen molar-refractivity contribution in [3.05, 3.63) is 34.6 Å². The normalized spacial score (nSPS) is 28.6. The third kappa shape index (κ3) is 2.60. The van der Waals surface area contributed by atoms with Gasteiger partial charge in [-0.2, -0.15) is 0 Å². The molecule has 0 aromatic heterocycles. The molecule has 102 valence electrons. The third-order valence-corrected chi connectivity index (χ3v) is 4.33. The molecule has 3 rings (SSSR count). The van der Waals surface area contributed by atoms with Crippen LogP contribution in [0, 0.1) is 11.7 Å². The summed E-state index contributed by atoms with van der Waals surface area (Å²) in [6.07, 6.45) is 2.44. The first-order chi connectivity index (χ1) is 9.13. The van der Waals surface area contributed by atoms with Crippen LogP contribution < -0.4 is 5.32 Å². The van der Waals surface area contributed by atoms with Crippen molar-refractivity contribution in [2.75, 3.05) is 6.61 Å². The minimum absolute atomic E-state index is 0.0659. The zero-order valence-electron chi connectivity index (χ0n) is 10.4. The molecule has 0 bridgehead atoms. The van der Waals surface area contributed by atoms with Gasteiger partial charge in [-0.15, -0.1) is 0 Å². The summed E-state index contributed by atoms with van der Waals surface area (Å²) in [5.74, 6) is 0.00981. The molecule has 1 saturated carbocycles. The minimum Gasteiger partial charge on any atom is -0.378 e. The Bertz CT molecular complexity index is 508. The van der Waals surface area contributed by atoms with Crippen LogP contribution in [0.1, 0.15) is 18.4 Å². The van der Waals surface area contributed by atoms with Gasteiger partial charge in [0.25, 0.3) is 0 Å². The number of hydrogen-bond acceptors (Lipinski definition) is 2. The highest BCUT2D eigenvalue weighted by Crippen LogP contribution is 2.38. The van der Waals surface area contributed by atoms with Gasteiger partial charge in [0.15, 0.2) is 0 Å². The predicted molar refractivity (Wildman–Crippen MR) is 69.5 cm³/mol. The van der Waals surface area contributed by atoms with Crippen molar-refractivity contribution in [3.63, 3.8) is 0 Å². The van der Waals surface area contributed by atoms with Crippen molar-refractivity contribution in [2.24, 2.45) is 5.92 Å². The SMILES string of the molecule is O=C(Cc1ccc(F)cc1Cl)N[C@@H]1C[C@H]2OCC[C@@H]12. The highest BCUT2D eigenvalue weighted by atomic mass is 35.5. The fourth-order valence-corrected chi connectivity index (χ4v) is 3.09. The summed E-state index contributed by atoms with van der Waals surface area (Å²) >= 11 is 5.91. The summed E-state index contributed by atoms with van der Waals surface area (Å²) in [4.78, 5) is 11.9. The maximum atomic E-state index is 12.9. The topological polar surface area (TPSA) is 38.3 Å². The van der Waals surface area contributed by atoms with Crippen LogP contribution >= 0.6 is 11.6 Å². The predicted octanol–water partition coefficient (Wildman–Crippen LogP) is 2.32.